The summed E-state index contributed by atoms with van der Waals surface area (Å²) < 4.78 is 19.7. The Morgan fingerprint density at radius 1 is 1.11 bits per heavy atom. The molecule has 2 heterocycles. The van der Waals surface area contributed by atoms with Crippen molar-refractivity contribution in [2.24, 2.45) is 0 Å². The van der Waals surface area contributed by atoms with E-state index in [1.165, 1.54) is 0 Å². The van der Waals surface area contributed by atoms with Crippen molar-refractivity contribution in [3.05, 3.63) is 72.8 Å². The number of hydrogen-bond acceptors (Lipinski definition) is 4. The third-order valence-electron chi connectivity index (χ3n) is 4.95. The minimum absolute atomic E-state index is 0.142. The minimum Gasteiger partial charge on any atom is -0.497 e. The number of hydrogen-bond donors (Lipinski definition) is 0. The van der Waals surface area contributed by atoms with Gasteiger partial charge in [-0.15, -0.1) is 0 Å². The third kappa shape index (κ3) is 3.75. The zero-order chi connectivity index (χ0) is 18.7. The standard InChI is InChI=1S/C22H24N2O3/c1-17-11-14-26-22(27-17,15-24-13-12-23-16-24)20-7-3-18(4-8-20)19-5-9-21(25-2)10-6-19/h3-10,12-13,16-17H,11,14-15H2,1-2H3. The van der Waals surface area contributed by atoms with Gasteiger partial charge in [0, 0.05) is 18.0 Å². The maximum atomic E-state index is 6.32. The van der Waals surface area contributed by atoms with Crippen molar-refractivity contribution in [1.82, 2.24) is 9.55 Å². The van der Waals surface area contributed by atoms with Crippen LogP contribution in [0, 0.1) is 0 Å². The van der Waals surface area contributed by atoms with E-state index in [4.69, 9.17) is 14.2 Å². The maximum Gasteiger partial charge on any atom is 0.213 e. The van der Waals surface area contributed by atoms with Crippen LogP contribution in [0.25, 0.3) is 11.1 Å². The van der Waals surface area contributed by atoms with E-state index in [9.17, 15) is 0 Å². The normalized spacial score (nSPS) is 22.5. The van der Waals surface area contributed by atoms with Crippen molar-refractivity contribution in [2.45, 2.75) is 31.8 Å². The Morgan fingerprint density at radius 3 is 2.41 bits per heavy atom. The topological polar surface area (TPSA) is 45.5 Å². The largest absolute Gasteiger partial charge is 0.497 e. The van der Waals surface area contributed by atoms with E-state index in [0.29, 0.717) is 13.2 Å². The zero-order valence-corrected chi connectivity index (χ0v) is 15.7. The molecule has 0 radical (unpaired) electrons. The Balaban J connectivity index is 1.63. The summed E-state index contributed by atoms with van der Waals surface area (Å²) in [7, 11) is 1.68. The molecule has 2 atom stereocenters. The van der Waals surface area contributed by atoms with Crippen LogP contribution >= 0.6 is 0 Å². The number of aromatic nitrogens is 2. The monoisotopic (exact) mass is 364 g/mol. The molecule has 1 aliphatic rings. The van der Waals surface area contributed by atoms with Crippen LogP contribution in [0.5, 0.6) is 5.75 Å². The van der Waals surface area contributed by atoms with Gasteiger partial charge in [0.05, 0.1) is 32.7 Å². The molecule has 0 aliphatic carbocycles. The van der Waals surface area contributed by atoms with Crippen molar-refractivity contribution in [2.75, 3.05) is 13.7 Å². The Bertz CT molecular complexity index is 860. The average molecular weight is 364 g/mol. The van der Waals surface area contributed by atoms with Gasteiger partial charge in [-0.05, 0) is 36.6 Å². The summed E-state index contributed by atoms with van der Waals surface area (Å²) in [6.45, 7) is 3.34. The molecule has 1 saturated heterocycles. The Morgan fingerprint density at radius 2 is 1.81 bits per heavy atom. The van der Waals surface area contributed by atoms with Gasteiger partial charge in [0.15, 0.2) is 0 Å². The number of ether oxygens (including phenoxy) is 3. The van der Waals surface area contributed by atoms with Gasteiger partial charge in [0.1, 0.15) is 5.75 Å². The zero-order valence-electron chi connectivity index (χ0n) is 15.7. The predicted molar refractivity (Wildman–Crippen MR) is 103 cm³/mol. The van der Waals surface area contributed by atoms with Gasteiger partial charge in [0.25, 0.3) is 0 Å². The van der Waals surface area contributed by atoms with Crippen molar-refractivity contribution in [3.8, 4) is 16.9 Å². The van der Waals surface area contributed by atoms with E-state index in [0.717, 1.165) is 28.9 Å². The summed E-state index contributed by atoms with van der Waals surface area (Å²) in [6, 6.07) is 16.5. The fourth-order valence-electron chi connectivity index (χ4n) is 3.45. The number of methoxy groups -OCH3 is 1. The lowest BCUT2D eigenvalue weighted by atomic mass is 9.98. The summed E-state index contributed by atoms with van der Waals surface area (Å²) in [5, 5.41) is 0. The molecule has 4 rings (SSSR count). The SMILES string of the molecule is COc1ccc(-c2ccc(C3(Cn4ccnc4)OCCC(C)O3)cc2)cc1. The first-order valence-corrected chi connectivity index (χ1v) is 9.21. The first-order chi connectivity index (χ1) is 13.2. The lowest BCUT2D eigenvalue weighted by Gasteiger charge is -2.40. The summed E-state index contributed by atoms with van der Waals surface area (Å²) in [6.07, 6.45) is 6.53. The van der Waals surface area contributed by atoms with Gasteiger partial charge in [-0.3, -0.25) is 0 Å². The van der Waals surface area contributed by atoms with Crippen LogP contribution in [0.2, 0.25) is 0 Å². The maximum absolute atomic E-state index is 6.32. The molecule has 0 bridgehead atoms. The molecule has 2 unspecified atom stereocenters. The van der Waals surface area contributed by atoms with Crippen LogP contribution in [0.4, 0.5) is 0 Å². The molecular formula is C22H24N2O3. The number of benzene rings is 2. The molecule has 3 aromatic rings. The van der Waals surface area contributed by atoms with E-state index in [1.54, 1.807) is 19.6 Å². The quantitative estimate of drug-likeness (QED) is 0.679. The molecular weight excluding hydrogens is 340 g/mol. The lowest BCUT2D eigenvalue weighted by molar-refractivity contribution is -0.306. The van der Waals surface area contributed by atoms with Gasteiger partial charge in [-0.1, -0.05) is 36.4 Å². The Hall–Kier alpha value is -2.63. The molecule has 27 heavy (non-hydrogen) atoms. The van der Waals surface area contributed by atoms with Crippen molar-refractivity contribution < 1.29 is 14.2 Å². The van der Waals surface area contributed by atoms with Gasteiger partial charge in [-0.25, -0.2) is 4.98 Å². The first kappa shape index (κ1) is 17.8. The minimum atomic E-state index is -0.795. The molecule has 1 aromatic heterocycles. The summed E-state index contributed by atoms with van der Waals surface area (Å²) in [5.41, 5.74) is 3.30. The van der Waals surface area contributed by atoms with E-state index >= 15 is 0 Å². The predicted octanol–water partition coefficient (Wildman–Crippen LogP) is 4.24. The van der Waals surface area contributed by atoms with Crippen LogP contribution in [0.15, 0.2) is 67.3 Å². The van der Waals surface area contributed by atoms with Crippen molar-refractivity contribution in [3.63, 3.8) is 0 Å². The van der Waals surface area contributed by atoms with Crippen LogP contribution in [0.3, 0.4) is 0 Å². The third-order valence-corrected chi connectivity index (χ3v) is 4.95. The van der Waals surface area contributed by atoms with Crippen LogP contribution < -0.4 is 4.74 Å². The van der Waals surface area contributed by atoms with Crippen LogP contribution in [0.1, 0.15) is 18.9 Å². The van der Waals surface area contributed by atoms with E-state index in [1.807, 2.05) is 22.9 Å². The van der Waals surface area contributed by atoms with Gasteiger partial charge >= 0.3 is 0 Å². The highest BCUT2D eigenvalue weighted by Gasteiger charge is 2.39. The molecule has 5 nitrogen and oxygen atoms in total. The summed E-state index contributed by atoms with van der Waals surface area (Å²) in [4.78, 5) is 4.14. The molecule has 1 aliphatic heterocycles. The van der Waals surface area contributed by atoms with E-state index in [2.05, 4.69) is 48.3 Å². The summed E-state index contributed by atoms with van der Waals surface area (Å²) >= 11 is 0. The molecule has 0 saturated carbocycles. The molecule has 1 fully saturated rings. The number of nitrogens with zero attached hydrogens (tertiary/aromatic N) is 2. The fourth-order valence-corrected chi connectivity index (χ4v) is 3.45. The first-order valence-electron chi connectivity index (χ1n) is 9.21. The Kier molecular flexibility index (Phi) is 4.97. The van der Waals surface area contributed by atoms with Crippen molar-refractivity contribution in [1.29, 1.82) is 0 Å². The van der Waals surface area contributed by atoms with Gasteiger partial charge in [-0.2, -0.15) is 0 Å². The van der Waals surface area contributed by atoms with E-state index < -0.39 is 5.79 Å². The molecule has 0 amide bonds. The van der Waals surface area contributed by atoms with Crippen LogP contribution in [-0.2, 0) is 21.8 Å². The number of rotatable bonds is 5. The second-order valence-electron chi connectivity index (χ2n) is 6.86. The van der Waals surface area contributed by atoms with Crippen LogP contribution in [-0.4, -0.2) is 29.4 Å². The lowest BCUT2D eigenvalue weighted by Crippen LogP contribution is -2.44. The fraction of sp³-hybridized carbons (Fsp3) is 0.318. The molecule has 5 heteroatoms. The molecule has 0 spiro atoms. The second-order valence-corrected chi connectivity index (χ2v) is 6.86. The average Bonchev–Trinajstić information content (AvgIpc) is 3.21. The van der Waals surface area contributed by atoms with E-state index in [-0.39, 0.29) is 6.10 Å². The smallest absolute Gasteiger partial charge is 0.213 e. The highest BCUT2D eigenvalue weighted by atomic mass is 16.7. The second kappa shape index (κ2) is 7.55. The van der Waals surface area contributed by atoms with Crippen molar-refractivity contribution >= 4 is 0 Å². The molecule has 140 valence electrons. The van der Waals surface area contributed by atoms with Gasteiger partial charge in [0.2, 0.25) is 5.79 Å². The Labute approximate surface area is 159 Å². The van der Waals surface area contributed by atoms with Gasteiger partial charge < -0.3 is 18.8 Å². The highest BCUT2D eigenvalue weighted by molar-refractivity contribution is 5.64. The number of imidazole rings is 1. The summed E-state index contributed by atoms with van der Waals surface area (Å²) in [5.74, 6) is 0.0595. The molecule has 2 aromatic carbocycles. The highest BCUT2D eigenvalue weighted by Crippen LogP contribution is 2.36. The molecule has 0 N–H and O–H groups in total.